The van der Waals surface area contributed by atoms with Gasteiger partial charge in [-0.05, 0) is 19.1 Å². The number of carbonyl (C=O) groups is 3. The van der Waals surface area contributed by atoms with E-state index in [2.05, 4.69) is 0 Å². The van der Waals surface area contributed by atoms with Crippen LogP contribution < -0.4 is 0 Å². The van der Waals surface area contributed by atoms with E-state index in [4.69, 9.17) is 5.11 Å². The molecule has 0 unspecified atom stereocenters. The number of aliphatic carboxylic acids is 1. The quantitative estimate of drug-likeness (QED) is 0.863. The molecule has 2 atom stereocenters. The van der Waals surface area contributed by atoms with Crippen LogP contribution >= 0.6 is 0 Å². The molecule has 0 saturated carbocycles. The Bertz CT molecular complexity index is 639. The van der Waals surface area contributed by atoms with Crippen molar-refractivity contribution in [2.24, 2.45) is 11.8 Å². The van der Waals surface area contributed by atoms with Crippen LogP contribution in [0.25, 0.3) is 0 Å². The van der Waals surface area contributed by atoms with Crippen molar-refractivity contribution >= 4 is 17.7 Å². The minimum atomic E-state index is -4.68. The monoisotopic (exact) mass is 329 g/mol. The largest absolute Gasteiger partial charge is 0.481 e. The van der Waals surface area contributed by atoms with E-state index in [1.165, 1.54) is 31.2 Å². The van der Waals surface area contributed by atoms with E-state index < -0.39 is 43.0 Å². The molecule has 0 aromatic heterocycles. The Morgan fingerprint density at radius 3 is 2.00 bits per heavy atom. The third-order valence-electron chi connectivity index (χ3n) is 3.88. The van der Waals surface area contributed by atoms with Crippen LogP contribution in [-0.2, 0) is 4.79 Å². The van der Waals surface area contributed by atoms with Crippen molar-refractivity contribution in [1.29, 1.82) is 0 Å². The van der Waals surface area contributed by atoms with Crippen LogP contribution in [0.3, 0.4) is 0 Å². The summed E-state index contributed by atoms with van der Waals surface area (Å²) in [5.41, 5.74) is 0.488. The van der Waals surface area contributed by atoms with Crippen LogP contribution in [0.4, 0.5) is 13.2 Å². The number of nitrogens with zero attached hydrogens (tertiary/aromatic N) is 1. The summed E-state index contributed by atoms with van der Waals surface area (Å²) in [6.45, 7) is 0.170. The number of benzene rings is 1. The average Bonchev–Trinajstić information content (AvgIpc) is 2.92. The Hall–Kier alpha value is -2.38. The van der Waals surface area contributed by atoms with Crippen molar-refractivity contribution < 1.29 is 32.7 Å². The van der Waals surface area contributed by atoms with E-state index in [0.717, 1.165) is 4.90 Å². The van der Waals surface area contributed by atoms with Gasteiger partial charge < -0.3 is 10.0 Å². The predicted octanol–water partition coefficient (Wildman–Crippen LogP) is 2.22. The molecule has 124 valence electrons. The molecule has 1 N–H and O–H groups in total. The van der Waals surface area contributed by atoms with E-state index in [9.17, 15) is 27.6 Å². The van der Waals surface area contributed by atoms with Crippen LogP contribution in [0.1, 0.15) is 27.6 Å². The van der Waals surface area contributed by atoms with Crippen molar-refractivity contribution in [3.05, 3.63) is 35.4 Å². The molecule has 1 fully saturated rings. The summed E-state index contributed by atoms with van der Waals surface area (Å²) < 4.78 is 38.7. The van der Waals surface area contributed by atoms with Gasteiger partial charge in [0.25, 0.3) is 5.91 Å². The number of alkyl halides is 3. The zero-order valence-electron chi connectivity index (χ0n) is 12.1. The predicted molar refractivity (Wildman–Crippen MR) is 73.0 cm³/mol. The zero-order valence-corrected chi connectivity index (χ0v) is 12.1. The van der Waals surface area contributed by atoms with Gasteiger partial charge in [-0.2, -0.15) is 13.2 Å². The van der Waals surface area contributed by atoms with E-state index >= 15 is 0 Å². The molecule has 0 radical (unpaired) electrons. The Morgan fingerprint density at radius 1 is 1.09 bits per heavy atom. The lowest BCUT2D eigenvalue weighted by Crippen LogP contribution is -2.34. The molecule has 1 amide bonds. The van der Waals surface area contributed by atoms with Crippen molar-refractivity contribution in [1.82, 2.24) is 4.90 Å². The van der Waals surface area contributed by atoms with Gasteiger partial charge in [-0.25, -0.2) is 0 Å². The number of halogens is 3. The molecule has 1 heterocycles. The molecule has 5 nitrogen and oxygen atoms in total. The van der Waals surface area contributed by atoms with E-state index in [0.29, 0.717) is 5.56 Å². The number of carboxylic acid groups (broad SMARTS) is 1. The van der Waals surface area contributed by atoms with Gasteiger partial charge in [0.1, 0.15) is 0 Å². The van der Waals surface area contributed by atoms with Crippen LogP contribution in [0.15, 0.2) is 24.3 Å². The molecule has 2 rings (SSSR count). The molecular formula is C15H14F3NO4. The summed E-state index contributed by atoms with van der Waals surface area (Å²) in [5.74, 6) is -6.21. The molecule has 0 aliphatic carbocycles. The number of carboxylic acids is 1. The van der Waals surface area contributed by atoms with Gasteiger partial charge in [0, 0.05) is 24.2 Å². The van der Waals surface area contributed by atoms with Crippen molar-refractivity contribution in [2.75, 3.05) is 13.1 Å². The molecule has 1 aromatic rings. The minimum Gasteiger partial charge on any atom is -0.481 e. The number of likely N-dealkylation sites (tertiary alicyclic amines) is 1. The van der Waals surface area contributed by atoms with Crippen LogP contribution in [0, 0.1) is 11.8 Å². The highest BCUT2D eigenvalue weighted by Crippen LogP contribution is 2.38. The molecule has 1 aliphatic rings. The lowest BCUT2D eigenvalue weighted by Gasteiger charge is -2.18. The first kappa shape index (κ1) is 17.0. The number of amides is 1. The Labute approximate surface area is 129 Å². The summed E-state index contributed by atoms with van der Waals surface area (Å²) in [6.07, 6.45) is -4.68. The summed E-state index contributed by atoms with van der Waals surface area (Å²) in [6, 6.07) is 5.49. The maximum absolute atomic E-state index is 12.9. The fourth-order valence-corrected chi connectivity index (χ4v) is 2.58. The topological polar surface area (TPSA) is 74.7 Å². The number of hydrogen-bond acceptors (Lipinski definition) is 3. The van der Waals surface area contributed by atoms with Gasteiger partial charge >= 0.3 is 12.1 Å². The first-order valence-corrected chi connectivity index (χ1v) is 6.81. The van der Waals surface area contributed by atoms with Gasteiger partial charge in [-0.1, -0.05) is 12.1 Å². The average molecular weight is 329 g/mol. The SMILES string of the molecule is CC(=O)c1ccc(C(=O)N2C[C@@H](C(F)(F)F)[C@H](C(=O)O)C2)cc1. The second-order valence-corrected chi connectivity index (χ2v) is 5.44. The van der Waals surface area contributed by atoms with Crippen molar-refractivity contribution in [3.8, 4) is 0 Å². The fourth-order valence-electron chi connectivity index (χ4n) is 2.58. The highest BCUT2D eigenvalue weighted by Gasteiger charge is 2.53. The molecule has 0 bridgehead atoms. The summed E-state index contributed by atoms with van der Waals surface area (Å²) in [4.78, 5) is 35.3. The van der Waals surface area contributed by atoms with Gasteiger partial charge in [0.2, 0.25) is 0 Å². The van der Waals surface area contributed by atoms with Gasteiger partial charge in [0.05, 0.1) is 11.8 Å². The van der Waals surface area contributed by atoms with E-state index in [1.807, 2.05) is 0 Å². The first-order valence-electron chi connectivity index (χ1n) is 6.81. The number of rotatable bonds is 3. The number of ketones is 1. The molecule has 1 aromatic carbocycles. The minimum absolute atomic E-state index is 0.113. The fraction of sp³-hybridized carbons (Fsp3) is 0.400. The Kier molecular flexibility index (Phi) is 4.44. The maximum Gasteiger partial charge on any atom is 0.394 e. The van der Waals surface area contributed by atoms with Crippen LogP contribution in [0.2, 0.25) is 0 Å². The second-order valence-electron chi connectivity index (χ2n) is 5.44. The van der Waals surface area contributed by atoms with Crippen molar-refractivity contribution in [2.45, 2.75) is 13.1 Å². The van der Waals surface area contributed by atoms with Crippen LogP contribution in [-0.4, -0.2) is 46.9 Å². The van der Waals surface area contributed by atoms with Gasteiger partial charge in [-0.3, -0.25) is 14.4 Å². The molecule has 23 heavy (non-hydrogen) atoms. The van der Waals surface area contributed by atoms with Crippen LogP contribution in [0.5, 0.6) is 0 Å². The summed E-state index contributed by atoms with van der Waals surface area (Å²) in [5, 5.41) is 8.94. The summed E-state index contributed by atoms with van der Waals surface area (Å²) >= 11 is 0. The third-order valence-corrected chi connectivity index (χ3v) is 3.88. The first-order chi connectivity index (χ1) is 10.6. The lowest BCUT2D eigenvalue weighted by molar-refractivity contribution is -0.187. The van der Waals surface area contributed by atoms with E-state index in [1.54, 1.807) is 0 Å². The van der Waals surface area contributed by atoms with Gasteiger partial charge in [-0.15, -0.1) is 0 Å². The highest BCUT2D eigenvalue weighted by molar-refractivity contribution is 5.98. The second kappa shape index (κ2) is 6.02. The number of hydrogen-bond donors (Lipinski definition) is 1. The summed E-state index contributed by atoms with van der Waals surface area (Å²) in [7, 11) is 0. The zero-order chi connectivity index (χ0) is 17.4. The van der Waals surface area contributed by atoms with E-state index in [-0.39, 0.29) is 11.3 Å². The Balaban J connectivity index is 2.20. The maximum atomic E-state index is 12.9. The number of carbonyl (C=O) groups excluding carboxylic acids is 2. The standard InChI is InChI=1S/C15H14F3NO4/c1-8(20)9-2-4-10(5-3-9)13(21)19-6-11(14(22)23)12(7-19)15(16,17)18/h2-5,11-12H,6-7H2,1H3,(H,22,23)/t11-,12-/m1/s1. The molecule has 1 saturated heterocycles. The molecule has 8 heteroatoms. The molecule has 0 spiro atoms. The third kappa shape index (κ3) is 3.52. The normalized spacial score (nSPS) is 21.3. The van der Waals surface area contributed by atoms with Crippen molar-refractivity contribution in [3.63, 3.8) is 0 Å². The lowest BCUT2D eigenvalue weighted by atomic mass is 9.96. The number of Topliss-reactive ketones (excluding diaryl/α,β-unsaturated/α-hetero) is 1. The smallest absolute Gasteiger partial charge is 0.394 e. The molecular weight excluding hydrogens is 315 g/mol. The molecule has 1 aliphatic heterocycles. The highest BCUT2D eigenvalue weighted by atomic mass is 19.4. The van der Waals surface area contributed by atoms with Gasteiger partial charge in [0.15, 0.2) is 5.78 Å². The Morgan fingerprint density at radius 2 is 1.61 bits per heavy atom.